The number of carbonyl (C=O) groups excluding carboxylic acids is 1. The third-order valence-corrected chi connectivity index (χ3v) is 4.10. The van der Waals surface area contributed by atoms with Gasteiger partial charge < -0.3 is 19.8 Å². The lowest BCUT2D eigenvalue weighted by molar-refractivity contribution is 0.0991. The molecule has 3 aromatic carbocycles. The average molecular weight is 404 g/mol. The lowest BCUT2D eigenvalue weighted by Gasteiger charge is -2.07. The SMILES string of the molecule is O=C(Nc1ccc(OCc2ccccc2)cc1)c1nnc(Nc2ccccc2F)o1. The molecule has 0 atom stereocenters. The van der Waals surface area contributed by atoms with Crippen LogP contribution in [0.1, 0.15) is 16.2 Å². The van der Waals surface area contributed by atoms with Gasteiger partial charge in [0.2, 0.25) is 0 Å². The van der Waals surface area contributed by atoms with Gasteiger partial charge in [-0.25, -0.2) is 4.39 Å². The van der Waals surface area contributed by atoms with Crippen LogP contribution in [0.3, 0.4) is 0 Å². The molecule has 7 nitrogen and oxygen atoms in total. The lowest BCUT2D eigenvalue weighted by Crippen LogP contribution is -2.12. The Morgan fingerprint density at radius 1 is 0.933 bits per heavy atom. The highest BCUT2D eigenvalue weighted by Crippen LogP contribution is 2.20. The first-order chi connectivity index (χ1) is 14.7. The standard InChI is InChI=1S/C22H17FN4O3/c23-18-8-4-5-9-19(18)25-22-27-26-21(30-22)20(28)24-16-10-12-17(13-11-16)29-14-15-6-2-1-3-7-15/h1-13H,14H2,(H,24,28)(H,25,27). The Bertz CT molecular complexity index is 1130. The molecule has 0 saturated heterocycles. The van der Waals surface area contributed by atoms with Crippen molar-refractivity contribution < 1.29 is 18.3 Å². The molecule has 0 spiro atoms. The van der Waals surface area contributed by atoms with Crippen LogP contribution in [0.2, 0.25) is 0 Å². The van der Waals surface area contributed by atoms with Crippen molar-refractivity contribution in [3.05, 3.63) is 96.1 Å². The summed E-state index contributed by atoms with van der Waals surface area (Å²) in [5.74, 6) is -0.637. The minimum Gasteiger partial charge on any atom is -0.489 e. The molecule has 150 valence electrons. The molecular formula is C22H17FN4O3. The van der Waals surface area contributed by atoms with Gasteiger partial charge in [0.15, 0.2) is 0 Å². The molecule has 2 N–H and O–H groups in total. The number of aromatic nitrogens is 2. The molecule has 1 heterocycles. The summed E-state index contributed by atoms with van der Waals surface area (Å²) < 4.78 is 24.6. The topological polar surface area (TPSA) is 89.3 Å². The number of anilines is 3. The van der Waals surface area contributed by atoms with E-state index in [2.05, 4.69) is 20.8 Å². The van der Waals surface area contributed by atoms with Gasteiger partial charge in [-0.15, -0.1) is 5.10 Å². The Balaban J connectivity index is 1.34. The molecule has 0 radical (unpaired) electrons. The third-order valence-electron chi connectivity index (χ3n) is 4.10. The van der Waals surface area contributed by atoms with Crippen LogP contribution in [0.5, 0.6) is 5.75 Å². The fraction of sp³-hybridized carbons (Fsp3) is 0.0455. The summed E-state index contributed by atoms with van der Waals surface area (Å²) >= 11 is 0. The van der Waals surface area contributed by atoms with Crippen molar-refractivity contribution >= 4 is 23.3 Å². The second-order valence-corrected chi connectivity index (χ2v) is 6.27. The van der Waals surface area contributed by atoms with Crippen LogP contribution in [-0.4, -0.2) is 16.1 Å². The van der Waals surface area contributed by atoms with Gasteiger partial charge in [0.25, 0.3) is 0 Å². The number of rotatable bonds is 7. The van der Waals surface area contributed by atoms with Gasteiger partial charge in [-0.2, -0.15) is 0 Å². The first kappa shape index (κ1) is 19.1. The summed E-state index contributed by atoms with van der Waals surface area (Å²) in [6, 6.07) is 22.6. The Hall–Kier alpha value is -4.20. The van der Waals surface area contributed by atoms with Gasteiger partial charge in [-0.1, -0.05) is 47.6 Å². The van der Waals surface area contributed by atoms with Crippen molar-refractivity contribution in [2.45, 2.75) is 6.61 Å². The molecule has 0 unspecified atom stereocenters. The van der Waals surface area contributed by atoms with Gasteiger partial charge in [-0.3, -0.25) is 4.79 Å². The van der Waals surface area contributed by atoms with E-state index in [1.807, 2.05) is 30.3 Å². The molecule has 1 aromatic heterocycles. The number of benzene rings is 3. The zero-order valence-electron chi connectivity index (χ0n) is 15.7. The number of nitrogens with one attached hydrogen (secondary N) is 2. The molecule has 0 aliphatic heterocycles. The number of para-hydroxylation sites is 1. The second-order valence-electron chi connectivity index (χ2n) is 6.27. The maximum absolute atomic E-state index is 13.7. The van der Waals surface area contributed by atoms with Gasteiger partial charge in [0.1, 0.15) is 18.2 Å². The number of halogens is 1. The smallest absolute Gasteiger partial charge is 0.320 e. The second kappa shape index (κ2) is 8.87. The number of amides is 1. The van der Waals surface area contributed by atoms with E-state index in [-0.39, 0.29) is 17.6 Å². The van der Waals surface area contributed by atoms with E-state index in [4.69, 9.17) is 9.15 Å². The van der Waals surface area contributed by atoms with Crippen LogP contribution in [-0.2, 0) is 6.61 Å². The molecule has 1 amide bonds. The van der Waals surface area contributed by atoms with Gasteiger partial charge in [0, 0.05) is 5.69 Å². The zero-order valence-corrected chi connectivity index (χ0v) is 15.7. The minimum atomic E-state index is -0.581. The Morgan fingerprint density at radius 3 is 2.43 bits per heavy atom. The van der Waals surface area contributed by atoms with Crippen molar-refractivity contribution in [1.29, 1.82) is 0 Å². The maximum Gasteiger partial charge on any atom is 0.320 e. The zero-order chi connectivity index (χ0) is 20.8. The van der Waals surface area contributed by atoms with Crippen LogP contribution in [0.25, 0.3) is 0 Å². The Kier molecular flexibility index (Phi) is 5.66. The Morgan fingerprint density at radius 2 is 1.67 bits per heavy atom. The Labute approximate surface area is 171 Å². The molecule has 0 bridgehead atoms. The normalized spacial score (nSPS) is 10.4. The molecular weight excluding hydrogens is 387 g/mol. The largest absolute Gasteiger partial charge is 0.489 e. The molecule has 8 heteroatoms. The predicted molar refractivity (Wildman–Crippen MR) is 109 cm³/mol. The summed E-state index contributed by atoms with van der Waals surface area (Å²) in [7, 11) is 0. The highest BCUT2D eigenvalue weighted by atomic mass is 19.1. The van der Waals surface area contributed by atoms with E-state index in [0.29, 0.717) is 18.0 Å². The summed E-state index contributed by atoms with van der Waals surface area (Å²) in [4.78, 5) is 12.3. The fourth-order valence-corrected chi connectivity index (χ4v) is 2.60. The van der Waals surface area contributed by atoms with Gasteiger partial charge >= 0.3 is 17.8 Å². The van der Waals surface area contributed by atoms with Crippen LogP contribution in [0, 0.1) is 5.82 Å². The highest BCUT2D eigenvalue weighted by Gasteiger charge is 2.16. The van der Waals surface area contributed by atoms with E-state index in [9.17, 15) is 9.18 Å². The van der Waals surface area contributed by atoms with Crippen molar-refractivity contribution in [2.24, 2.45) is 0 Å². The van der Waals surface area contributed by atoms with Crippen LogP contribution >= 0.6 is 0 Å². The van der Waals surface area contributed by atoms with Crippen molar-refractivity contribution in [3.8, 4) is 5.75 Å². The molecule has 4 rings (SSSR count). The van der Waals surface area contributed by atoms with Gasteiger partial charge in [-0.05, 0) is 42.0 Å². The quantitative estimate of drug-likeness (QED) is 0.461. The van der Waals surface area contributed by atoms with E-state index in [1.54, 1.807) is 36.4 Å². The number of hydrogen-bond donors (Lipinski definition) is 2. The maximum atomic E-state index is 13.7. The van der Waals surface area contributed by atoms with Crippen molar-refractivity contribution in [2.75, 3.05) is 10.6 Å². The van der Waals surface area contributed by atoms with Crippen molar-refractivity contribution in [3.63, 3.8) is 0 Å². The highest BCUT2D eigenvalue weighted by molar-refractivity contribution is 6.00. The predicted octanol–water partition coefficient (Wildman–Crippen LogP) is 4.78. The first-order valence-corrected chi connectivity index (χ1v) is 9.10. The third kappa shape index (κ3) is 4.79. The van der Waals surface area contributed by atoms with Crippen LogP contribution in [0.15, 0.2) is 83.3 Å². The summed E-state index contributed by atoms with van der Waals surface area (Å²) in [5.41, 5.74) is 1.76. The molecule has 30 heavy (non-hydrogen) atoms. The number of ether oxygens (including phenoxy) is 1. The van der Waals surface area contributed by atoms with E-state index in [1.165, 1.54) is 12.1 Å². The number of nitrogens with zero attached hydrogens (tertiary/aromatic N) is 2. The lowest BCUT2D eigenvalue weighted by atomic mass is 10.2. The van der Waals surface area contributed by atoms with E-state index >= 15 is 0 Å². The number of hydrogen-bond acceptors (Lipinski definition) is 6. The summed E-state index contributed by atoms with van der Waals surface area (Å²) in [5, 5.41) is 12.7. The number of carbonyl (C=O) groups is 1. The molecule has 0 aliphatic carbocycles. The average Bonchev–Trinajstić information content (AvgIpc) is 3.24. The minimum absolute atomic E-state index is 0.0880. The monoisotopic (exact) mass is 404 g/mol. The molecule has 0 aliphatic rings. The molecule has 0 saturated carbocycles. The van der Waals surface area contributed by atoms with Gasteiger partial charge in [0.05, 0.1) is 5.69 Å². The fourth-order valence-electron chi connectivity index (χ4n) is 2.60. The van der Waals surface area contributed by atoms with E-state index in [0.717, 1.165) is 5.56 Å². The van der Waals surface area contributed by atoms with E-state index < -0.39 is 11.7 Å². The van der Waals surface area contributed by atoms with Crippen LogP contribution < -0.4 is 15.4 Å². The summed E-state index contributed by atoms with van der Waals surface area (Å²) in [6.07, 6.45) is 0. The molecule has 0 fully saturated rings. The van der Waals surface area contributed by atoms with Crippen LogP contribution in [0.4, 0.5) is 21.8 Å². The first-order valence-electron chi connectivity index (χ1n) is 9.10. The molecule has 4 aromatic rings. The van der Waals surface area contributed by atoms with Crippen molar-refractivity contribution in [1.82, 2.24) is 10.2 Å². The summed E-state index contributed by atoms with van der Waals surface area (Å²) in [6.45, 7) is 0.451.